The van der Waals surface area contributed by atoms with Gasteiger partial charge in [0.2, 0.25) is 0 Å². The van der Waals surface area contributed by atoms with Crippen LogP contribution in [0.5, 0.6) is 0 Å². The van der Waals surface area contributed by atoms with Gasteiger partial charge in [0, 0.05) is 56.4 Å². The van der Waals surface area contributed by atoms with Crippen LogP contribution in [0.3, 0.4) is 0 Å². The number of hydrogen-bond donors (Lipinski definition) is 0. The van der Waals surface area contributed by atoms with E-state index in [1.54, 1.807) is 0 Å². The molecule has 34 heavy (non-hydrogen) atoms. The van der Waals surface area contributed by atoms with E-state index in [0.717, 1.165) is 59.6 Å². The molecule has 4 aromatic rings. The summed E-state index contributed by atoms with van der Waals surface area (Å²) >= 11 is 0. The summed E-state index contributed by atoms with van der Waals surface area (Å²) < 4.78 is 15.1. The fourth-order valence-electron chi connectivity index (χ4n) is 4.55. The average molecular weight is 458 g/mol. The van der Waals surface area contributed by atoms with Crippen molar-refractivity contribution in [1.29, 1.82) is 0 Å². The Kier molecular flexibility index (Phi) is 6.11. The summed E-state index contributed by atoms with van der Waals surface area (Å²) in [5, 5.41) is 5.42. The van der Waals surface area contributed by atoms with Crippen LogP contribution in [-0.2, 0) is 13.1 Å². The van der Waals surface area contributed by atoms with Crippen molar-refractivity contribution < 1.29 is 9.18 Å². The van der Waals surface area contributed by atoms with Crippen molar-refractivity contribution in [1.82, 2.24) is 24.6 Å². The second-order valence-electron chi connectivity index (χ2n) is 8.75. The minimum absolute atomic E-state index is 0.0295. The number of piperazine rings is 1. The predicted octanol–water partition coefficient (Wildman–Crippen LogP) is 4.52. The van der Waals surface area contributed by atoms with E-state index in [2.05, 4.69) is 16.9 Å². The number of halogens is 1. The van der Waals surface area contributed by atoms with E-state index in [-0.39, 0.29) is 11.7 Å². The van der Waals surface area contributed by atoms with Crippen molar-refractivity contribution in [3.05, 3.63) is 83.4 Å². The fourth-order valence-corrected chi connectivity index (χ4v) is 4.55. The molecule has 0 N–H and O–H groups in total. The summed E-state index contributed by atoms with van der Waals surface area (Å²) in [6, 6.07) is 16.4. The van der Waals surface area contributed by atoms with Crippen LogP contribution in [0, 0.1) is 12.7 Å². The molecule has 6 nitrogen and oxygen atoms in total. The number of para-hydroxylation sites is 1. The van der Waals surface area contributed by atoms with Crippen LogP contribution in [0.1, 0.15) is 28.5 Å². The lowest BCUT2D eigenvalue weighted by molar-refractivity contribution is 0.0630. The topological polar surface area (TPSA) is 54.3 Å². The quantitative estimate of drug-likeness (QED) is 0.442. The van der Waals surface area contributed by atoms with Gasteiger partial charge < -0.3 is 4.90 Å². The lowest BCUT2D eigenvalue weighted by Crippen LogP contribution is -2.48. The van der Waals surface area contributed by atoms with Gasteiger partial charge in [-0.1, -0.05) is 30.3 Å². The van der Waals surface area contributed by atoms with Gasteiger partial charge in [0.05, 0.1) is 22.5 Å². The van der Waals surface area contributed by atoms with Crippen molar-refractivity contribution in [2.24, 2.45) is 0 Å². The molecule has 1 saturated heterocycles. The first-order chi connectivity index (χ1) is 16.5. The third-order valence-electron chi connectivity index (χ3n) is 6.47. The summed E-state index contributed by atoms with van der Waals surface area (Å²) in [6.45, 7) is 8.42. The molecule has 0 spiro atoms. The van der Waals surface area contributed by atoms with E-state index < -0.39 is 0 Å². The number of aromatic nitrogens is 3. The van der Waals surface area contributed by atoms with Gasteiger partial charge in [-0.25, -0.2) is 9.37 Å². The van der Waals surface area contributed by atoms with Crippen molar-refractivity contribution in [3.63, 3.8) is 0 Å². The second-order valence-corrected chi connectivity index (χ2v) is 8.75. The standard InChI is InChI=1S/C27H28FN5O/c1-3-33-18-24(19(2)30-33)26-16-23(22-6-4-5-7-25(22)29-26)27(34)32-14-12-31(13-15-32)17-20-8-10-21(28)11-9-20/h4-11,16,18H,3,12-15,17H2,1-2H3. The van der Waals surface area contributed by atoms with E-state index in [1.165, 1.54) is 12.1 Å². The molecule has 5 rings (SSSR count). The zero-order valence-corrected chi connectivity index (χ0v) is 19.5. The van der Waals surface area contributed by atoms with Gasteiger partial charge in [-0.05, 0) is 43.7 Å². The molecular formula is C27H28FN5O. The third-order valence-corrected chi connectivity index (χ3v) is 6.47. The minimum atomic E-state index is -0.222. The lowest BCUT2D eigenvalue weighted by Gasteiger charge is -2.35. The van der Waals surface area contributed by atoms with Gasteiger partial charge in [0.25, 0.3) is 5.91 Å². The first kappa shape index (κ1) is 22.2. The van der Waals surface area contributed by atoms with Gasteiger partial charge in [-0.15, -0.1) is 0 Å². The Labute approximate surface area is 198 Å². The molecular weight excluding hydrogens is 429 g/mol. The van der Waals surface area contributed by atoms with Crippen LogP contribution >= 0.6 is 0 Å². The number of amides is 1. The van der Waals surface area contributed by atoms with E-state index in [9.17, 15) is 9.18 Å². The van der Waals surface area contributed by atoms with Gasteiger partial charge in [-0.2, -0.15) is 5.10 Å². The fraction of sp³-hybridized carbons (Fsp3) is 0.296. The summed E-state index contributed by atoms with van der Waals surface area (Å²) in [6.07, 6.45) is 1.99. The number of rotatable bonds is 5. The number of benzene rings is 2. The number of fused-ring (bicyclic) bond motifs is 1. The number of aryl methyl sites for hydroxylation is 2. The maximum Gasteiger partial charge on any atom is 0.254 e. The molecule has 0 unspecified atom stereocenters. The predicted molar refractivity (Wildman–Crippen MR) is 131 cm³/mol. The number of hydrogen-bond acceptors (Lipinski definition) is 4. The summed E-state index contributed by atoms with van der Waals surface area (Å²) in [5.41, 5.74) is 5.18. The molecule has 0 aliphatic carbocycles. The highest BCUT2D eigenvalue weighted by atomic mass is 19.1. The number of carbonyl (C=O) groups excluding carboxylic acids is 1. The first-order valence-electron chi connectivity index (χ1n) is 11.7. The molecule has 7 heteroatoms. The molecule has 2 aromatic carbocycles. The number of carbonyl (C=O) groups is 1. The van der Waals surface area contributed by atoms with Crippen LogP contribution in [0.15, 0.2) is 60.8 Å². The van der Waals surface area contributed by atoms with Gasteiger partial charge in [-0.3, -0.25) is 14.4 Å². The molecule has 1 fully saturated rings. The maximum absolute atomic E-state index is 13.7. The van der Waals surface area contributed by atoms with E-state index in [1.807, 2.05) is 65.2 Å². The van der Waals surface area contributed by atoms with Crippen LogP contribution in [0.25, 0.3) is 22.2 Å². The normalized spacial score (nSPS) is 14.6. The number of pyridine rings is 1. The summed E-state index contributed by atoms with van der Waals surface area (Å²) in [5.74, 6) is -0.192. The van der Waals surface area contributed by atoms with E-state index in [4.69, 9.17) is 4.98 Å². The van der Waals surface area contributed by atoms with Crippen molar-refractivity contribution in [2.45, 2.75) is 26.9 Å². The lowest BCUT2D eigenvalue weighted by atomic mass is 10.0. The zero-order chi connectivity index (χ0) is 23.7. The second kappa shape index (κ2) is 9.35. The smallest absolute Gasteiger partial charge is 0.254 e. The maximum atomic E-state index is 13.7. The zero-order valence-electron chi connectivity index (χ0n) is 19.5. The molecule has 174 valence electrons. The Morgan fingerprint density at radius 3 is 2.47 bits per heavy atom. The molecule has 1 aliphatic rings. The third kappa shape index (κ3) is 4.43. The van der Waals surface area contributed by atoms with Crippen LogP contribution < -0.4 is 0 Å². The Morgan fingerprint density at radius 2 is 1.76 bits per heavy atom. The molecule has 2 aromatic heterocycles. The van der Waals surface area contributed by atoms with Gasteiger partial charge >= 0.3 is 0 Å². The Bertz CT molecular complexity index is 1320. The largest absolute Gasteiger partial charge is 0.336 e. The Hall–Kier alpha value is -3.58. The molecule has 0 saturated carbocycles. The Morgan fingerprint density at radius 1 is 1.03 bits per heavy atom. The molecule has 0 radical (unpaired) electrons. The van der Waals surface area contributed by atoms with Crippen LogP contribution in [-0.4, -0.2) is 56.7 Å². The highest BCUT2D eigenvalue weighted by molar-refractivity contribution is 6.07. The minimum Gasteiger partial charge on any atom is -0.336 e. The van der Waals surface area contributed by atoms with Crippen LogP contribution in [0.4, 0.5) is 4.39 Å². The SMILES string of the molecule is CCn1cc(-c2cc(C(=O)N3CCN(Cc4ccc(F)cc4)CC3)c3ccccc3n2)c(C)n1. The Balaban J connectivity index is 1.38. The molecule has 1 amide bonds. The van der Waals surface area contributed by atoms with Gasteiger partial charge in [0.1, 0.15) is 5.82 Å². The summed E-state index contributed by atoms with van der Waals surface area (Å²) in [7, 11) is 0. The van der Waals surface area contributed by atoms with E-state index in [0.29, 0.717) is 18.7 Å². The van der Waals surface area contributed by atoms with Crippen molar-refractivity contribution in [3.8, 4) is 11.3 Å². The monoisotopic (exact) mass is 457 g/mol. The van der Waals surface area contributed by atoms with Crippen LogP contribution in [0.2, 0.25) is 0 Å². The van der Waals surface area contributed by atoms with Crippen molar-refractivity contribution >= 4 is 16.8 Å². The molecule has 0 atom stereocenters. The highest BCUT2D eigenvalue weighted by Crippen LogP contribution is 2.28. The molecule has 0 bridgehead atoms. The number of nitrogens with zero attached hydrogens (tertiary/aromatic N) is 5. The van der Waals surface area contributed by atoms with E-state index >= 15 is 0 Å². The first-order valence-corrected chi connectivity index (χ1v) is 11.7. The average Bonchev–Trinajstić information content (AvgIpc) is 3.25. The molecule has 3 heterocycles. The van der Waals surface area contributed by atoms with Crippen molar-refractivity contribution in [2.75, 3.05) is 26.2 Å². The highest BCUT2D eigenvalue weighted by Gasteiger charge is 2.25. The summed E-state index contributed by atoms with van der Waals surface area (Å²) in [4.78, 5) is 22.7. The van der Waals surface area contributed by atoms with Gasteiger partial charge in [0.15, 0.2) is 0 Å². The molecule has 1 aliphatic heterocycles.